The standard InChI is InChI=1S/C12H14N4O/c13-9-4-6-15(8-9)12(17)10-7-14-16-5-2-1-3-11(10)16/h1-3,5,7,9H,4,6,8,13H2/t9-/m1/s1. The van der Waals surface area contributed by atoms with Gasteiger partial charge in [-0.25, -0.2) is 4.52 Å². The molecule has 1 saturated heterocycles. The molecule has 3 rings (SSSR count). The molecule has 3 heterocycles. The summed E-state index contributed by atoms with van der Waals surface area (Å²) in [7, 11) is 0. The third kappa shape index (κ3) is 1.68. The highest BCUT2D eigenvalue weighted by Crippen LogP contribution is 2.16. The van der Waals surface area contributed by atoms with Crippen molar-refractivity contribution >= 4 is 11.4 Å². The maximum absolute atomic E-state index is 12.3. The number of hydrogen-bond donors (Lipinski definition) is 1. The number of carbonyl (C=O) groups is 1. The van der Waals surface area contributed by atoms with E-state index in [9.17, 15) is 4.79 Å². The lowest BCUT2D eigenvalue weighted by molar-refractivity contribution is 0.0793. The third-order valence-corrected chi connectivity index (χ3v) is 3.17. The van der Waals surface area contributed by atoms with Gasteiger partial charge in [-0.15, -0.1) is 0 Å². The van der Waals surface area contributed by atoms with Crippen LogP contribution in [-0.4, -0.2) is 39.6 Å². The van der Waals surface area contributed by atoms with Gasteiger partial charge in [-0.1, -0.05) is 6.07 Å². The number of nitrogens with two attached hydrogens (primary N) is 1. The fourth-order valence-electron chi connectivity index (χ4n) is 2.24. The summed E-state index contributed by atoms with van der Waals surface area (Å²) >= 11 is 0. The fourth-order valence-corrected chi connectivity index (χ4v) is 2.24. The van der Waals surface area contributed by atoms with Crippen LogP contribution in [0.3, 0.4) is 0 Å². The molecule has 0 bridgehead atoms. The quantitative estimate of drug-likeness (QED) is 0.776. The Kier molecular flexibility index (Phi) is 2.33. The molecular weight excluding hydrogens is 216 g/mol. The third-order valence-electron chi connectivity index (χ3n) is 3.17. The maximum atomic E-state index is 12.3. The van der Waals surface area contributed by atoms with E-state index in [1.54, 1.807) is 15.6 Å². The Balaban J connectivity index is 1.96. The van der Waals surface area contributed by atoms with Gasteiger partial charge in [0.1, 0.15) is 0 Å². The smallest absolute Gasteiger partial charge is 0.257 e. The number of hydrogen-bond acceptors (Lipinski definition) is 3. The highest BCUT2D eigenvalue weighted by atomic mass is 16.2. The van der Waals surface area contributed by atoms with Crippen LogP contribution in [0, 0.1) is 0 Å². The van der Waals surface area contributed by atoms with Crippen molar-refractivity contribution in [3.8, 4) is 0 Å². The summed E-state index contributed by atoms with van der Waals surface area (Å²) in [5.74, 6) is 0.0270. The second-order valence-electron chi connectivity index (χ2n) is 4.39. The Bertz CT molecular complexity index is 562. The molecule has 1 fully saturated rings. The largest absolute Gasteiger partial charge is 0.337 e. The first-order valence-electron chi connectivity index (χ1n) is 5.73. The van der Waals surface area contributed by atoms with E-state index in [0.717, 1.165) is 18.5 Å². The molecule has 0 aliphatic carbocycles. The minimum absolute atomic E-state index is 0.0270. The van der Waals surface area contributed by atoms with Crippen LogP contribution < -0.4 is 5.73 Å². The zero-order valence-corrected chi connectivity index (χ0v) is 9.41. The van der Waals surface area contributed by atoms with Crippen LogP contribution in [0.25, 0.3) is 5.52 Å². The van der Waals surface area contributed by atoms with E-state index in [4.69, 9.17) is 5.73 Å². The van der Waals surface area contributed by atoms with Gasteiger partial charge in [0.25, 0.3) is 5.91 Å². The molecule has 5 heteroatoms. The molecule has 0 aromatic carbocycles. The summed E-state index contributed by atoms with van der Waals surface area (Å²) in [6.07, 6.45) is 4.34. The Labute approximate surface area is 98.8 Å². The second-order valence-corrected chi connectivity index (χ2v) is 4.39. The van der Waals surface area contributed by atoms with Crippen LogP contribution in [0.1, 0.15) is 16.8 Å². The van der Waals surface area contributed by atoms with Crippen molar-refractivity contribution < 1.29 is 4.79 Å². The second kappa shape index (κ2) is 3.85. The Hall–Kier alpha value is -1.88. The van der Waals surface area contributed by atoms with E-state index in [-0.39, 0.29) is 11.9 Å². The first kappa shape index (κ1) is 10.3. The minimum Gasteiger partial charge on any atom is -0.337 e. The number of pyridine rings is 1. The number of fused-ring (bicyclic) bond motifs is 1. The average Bonchev–Trinajstić information content (AvgIpc) is 2.94. The molecule has 2 N–H and O–H groups in total. The number of likely N-dealkylation sites (tertiary alicyclic amines) is 1. The zero-order valence-electron chi connectivity index (χ0n) is 9.41. The molecule has 1 amide bonds. The lowest BCUT2D eigenvalue weighted by atomic mass is 10.2. The lowest BCUT2D eigenvalue weighted by Crippen LogP contribution is -2.31. The van der Waals surface area contributed by atoms with Crippen molar-refractivity contribution in [3.05, 3.63) is 36.2 Å². The van der Waals surface area contributed by atoms with E-state index in [0.29, 0.717) is 12.1 Å². The maximum Gasteiger partial charge on any atom is 0.257 e. The fraction of sp³-hybridized carbons (Fsp3) is 0.333. The summed E-state index contributed by atoms with van der Waals surface area (Å²) in [4.78, 5) is 14.1. The van der Waals surface area contributed by atoms with E-state index in [1.807, 2.05) is 24.4 Å². The first-order valence-corrected chi connectivity index (χ1v) is 5.73. The predicted octanol–water partition coefficient (Wildman–Crippen LogP) is 0.507. The Morgan fingerprint density at radius 3 is 3.12 bits per heavy atom. The number of carbonyl (C=O) groups excluding carboxylic acids is 1. The van der Waals surface area contributed by atoms with E-state index < -0.39 is 0 Å². The molecule has 17 heavy (non-hydrogen) atoms. The summed E-state index contributed by atoms with van der Waals surface area (Å²) in [6, 6.07) is 5.81. The molecule has 0 unspecified atom stereocenters. The molecule has 1 atom stereocenters. The van der Waals surface area contributed by atoms with Crippen molar-refractivity contribution in [2.75, 3.05) is 13.1 Å². The van der Waals surface area contributed by atoms with Crippen LogP contribution >= 0.6 is 0 Å². The molecule has 0 radical (unpaired) electrons. The summed E-state index contributed by atoms with van der Waals surface area (Å²) < 4.78 is 1.71. The van der Waals surface area contributed by atoms with Crippen LogP contribution in [0.15, 0.2) is 30.6 Å². The van der Waals surface area contributed by atoms with Crippen LogP contribution in [-0.2, 0) is 0 Å². The number of aromatic nitrogens is 2. The van der Waals surface area contributed by atoms with Crippen LogP contribution in [0.5, 0.6) is 0 Å². The molecule has 0 saturated carbocycles. The van der Waals surface area contributed by atoms with Crippen molar-refractivity contribution in [2.45, 2.75) is 12.5 Å². The van der Waals surface area contributed by atoms with Gasteiger partial charge in [0.05, 0.1) is 17.3 Å². The highest BCUT2D eigenvalue weighted by molar-refractivity contribution is 6.00. The Morgan fingerprint density at radius 2 is 2.35 bits per heavy atom. The SMILES string of the molecule is N[C@@H]1CCN(C(=O)c2cnn3ccccc23)C1. The van der Waals surface area contributed by atoms with E-state index in [2.05, 4.69) is 5.10 Å². The molecule has 2 aromatic rings. The zero-order chi connectivity index (χ0) is 11.8. The minimum atomic E-state index is 0.0270. The van der Waals surface area contributed by atoms with Gasteiger partial charge in [0.15, 0.2) is 0 Å². The van der Waals surface area contributed by atoms with Gasteiger partial charge >= 0.3 is 0 Å². The van der Waals surface area contributed by atoms with Crippen molar-refractivity contribution in [1.82, 2.24) is 14.5 Å². The van der Waals surface area contributed by atoms with Crippen LogP contribution in [0.2, 0.25) is 0 Å². The molecule has 1 aliphatic rings. The molecule has 5 nitrogen and oxygen atoms in total. The van der Waals surface area contributed by atoms with Gasteiger partial charge in [0.2, 0.25) is 0 Å². The summed E-state index contributed by atoms with van der Waals surface area (Å²) in [5.41, 5.74) is 7.31. The molecule has 88 valence electrons. The molecular formula is C12H14N4O. The number of nitrogens with zero attached hydrogens (tertiary/aromatic N) is 3. The highest BCUT2D eigenvalue weighted by Gasteiger charge is 2.26. The average molecular weight is 230 g/mol. The monoisotopic (exact) mass is 230 g/mol. The van der Waals surface area contributed by atoms with Gasteiger partial charge in [0, 0.05) is 25.3 Å². The predicted molar refractivity (Wildman–Crippen MR) is 63.7 cm³/mol. The molecule has 2 aromatic heterocycles. The summed E-state index contributed by atoms with van der Waals surface area (Å²) in [5, 5.41) is 4.17. The van der Waals surface area contributed by atoms with Crippen LogP contribution in [0.4, 0.5) is 0 Å². The topological polar surface area (TPSA) is 63.6 Å². The lowest BCUT2D eigenvalue weighted by Gasteiger charge is -2.14. The number of amides is 1. The first-order chi connectivity index (χ1) is 8.25. The molecule has 0 spiro atoms. The van der Waals surface area contributed by atoms with Crippen molar-refractivity contribution in [2.24, 2.45) is 5.73 Å². The van der Waals surface area contributed by atoms with Crippen molar-refractivity contribution in [1.29, 1.82) is 0 Å². The summed E-state index contributed by atoms with van der Waals surface area (Å²) in [6.45, 7) is 1.38. The number of rotatable bonds is 1. The van der Waals surface area contributed by atoms with Crippen molar-refractivity contribution in [3.63, 3.8) is 0 Å². The van der Waals surface area contributed by atoms with Gasteiger partial charge < -0.3 is 10.6 Å². The van der Waals surface area contributed by atoms with E-state index >= 15 is 0 Å². The van der Waals surface area contributed by atoms with Gasteiger partial charge in [-0.05, 0) is 18.6 Å². The van der Waals surface area contributed by atoms with E-state index in [1.165, 1.54) is 0 Å². The Morgan fingerprint density at radius 1 is 1.47 bits per heavy atom. The molecule has 1 aliphatic heterocycles. The normalized spacial score (nSPS) is 20.1. The van der Waals surface area contributed by atoms with Gasteiger partial charge in [-0.3, -0.25) is 4.79 Å². The van der Waals surface area contributed by atoms with Gasteiger partial charge in [-0.2, -0.15) is 5.10 Å².